The first kappa shape index (κ1) is 21.5. The van der Waals surface area contributed by atoms with Crippen molar-refractivity contribution >= 4 is 23.0 Å². The van der Waals surface area contributed by atoms with E-state index in [4.69, 9.17) is 0 Å². The molecule has 0 aliphatic carbocycles. The SMILES string of the molecule is O=C(CN1CCN(c2ccc([N+](=O)[O-])cc2C(F)(F)F)CC1)Nc1ccccc1F. The number of carbonyl (C=O) groups excluding carboxylic acids is 1. The maximum atomic E-state index is 13.6. The largest absolute Gasteiger partial charge is 0.418 e. The second-order valence-corrected chi connectivity index (χ2v) is 6.75. The van der Waals surface area contributed by atoms with Crippen LogP contribution in [0.1, 0.15) is 5.56 Å². The molecule has 1 fully saturated rings. The van der Waals surface area contributed by atoms with Gasteiger partial charge < -0.3 is 10.2 Å². The van der Waals surface area contributed by atoms with Gasteiger partial charge in [-0.25, -0.2) is 4.39 Å². The van der Waals surface area contributed by atoms with Crippen LogP contribution < -0.4 is 10.2 Å². The monoisotopic (exact) mass is 426 g/mol. The number of carbonyl (C=O) groups is 1. The molecule has 3 rings (SSSR count). The lowest BCUT2D eigenvalue weighted by Gasteiger charge is -2.36. The number of non-ortho nitro benzene ring substituents is 1. The van der Waals surface area contributed by atoms with Gasteiger partial charge in [-0.2, -0.15) is 13.2 Å². The van der Waals surface area contributed by atoms with Crippen molar-refractivity contribution in [3.05, 3.63) is 64.0 Å². The molecule has 0 atom stereocenters. The molecule has 2 aromatic carbocycles. The summed E-state index contributed by atoms with van der Waals surface area (Å²) in [5.41, 5.74) is -1.78. The van der Waals surface area contributed by atoms with Crippen molar-refractivity contribution in [2.45, 2.75) is 6.18 Å². The zero-order valence-electron chi connectivity index (χ0n) is 15.7. The van der Waals surface area contributed by atoms with Gasteiger partial charge in [0, 0.05) is 44.0 Å². The number of para-hydroxylation sites is 1. The first-order valence-corrected chi connectivity index (χ1v) is 9.02. The van der Waals surface area contributed by atoms with Gasteiger partial charge in [-0.1, -0.05) is 12.1 Å². The molecule has 1 heterocycles. The summed E-state index contributed by atoms with van der Waals surface area (Å²) < 4.78 is 53.8. The summed E-state index contributed by atoms with van der Waals surface area (Å²) in [6.07, 6.45) is -4.74. The van der Waals surface area contributed by atoms with Crippen LogP contribution in [0.15, 0.2) is 42.5 Å². The molecule has 0 bridgehead atoms. The number of nitro benzene ring substituents is 1. The minimum Gasteiger partial charge on any atom is -0.368 e. The Morgan fingerprint density at radius 2 is 1.77 bits per heavy atom. The summed E-state index contributed by atoms with van der Waals surface area (Å²) in [6.45, 7) is 0.980. The zero-order valence-corrected chi connectivity index (χ0v) is 15.7. The molecule has 1 aliphatic rings. The summed E-state index contributed by atoms with van der Waals surface area (Å²) in [5.74, 6) is -0.992. The number of hydrogen-bond donors (Lipinski definition) is 1. The minimum atomic E-state index is -4.74. The molecule has 1 saturated heterocycles. The normalized spacial score (nSPS) is 15.1. The highest BCUT2D eigenvalue weighted by Crippen LogP contribution is 2.39. The smallest absolute Gasteiger partial charge is 0.368 e. The van der Waals surface area contributed by atoms with E-state index in [1.165, 1.54) is 23.1 Å². The first-order valence-electron chi connectivity index (χ1n) is 9.02. The van der Waals surface area contributed by atoms with Gasteiger partial charge >= 0.3 is 6.18 Å². The predicted molar refractivity (Wildman–Crippen MR) is 102 cm³/mol. The summed E-state index contributed by atoms with van der Waals surface area (Å²) >= 11 is 0. The fourth-order valence-electron chi connectivity index (χ4n) is 3.24. The highest BCUT2D eigenvalue weighted by molar-refractivity contribution is 5.92. The molecule has 1 N–H and O–H groups in total. The van der Waals surface area contributed by atoms with Crippen LogP contribution in [0, 0.1) is 15.9 Å². The number of nitrogens with zero attached hydrogens (tertiary/aromatic N) is 3. The number of nitro groups is 1. The molecule has 7 nitrogen and oxygen atoms in total. The maximum absolute atomic E-state index is 13.6. The molecule has 0 unspecified atom stereocenters. The van der Waals surface area contributed by atoms with E-state index in [9.17, 15) is 32.5 Å². The van der Waals surface area contributed by atoms with Gasteiger partial charge in [0.1, 0.15) is 5.82 Å². The van der Waals surface area contributed by atoms with Gasteiger partial charge in [0.05, 0.1) is 22.7 Å². The van der Waals surface area contributed by atoms with Crippen molar-refractivity contribution in [3.63, 3.8) is 0 Å². The Kier molecular flexibility index (Phi) is 6.20. The third kappa shape index (κ3) is 5.03. The third-order valence-corrected chi connectivity index (χ3v) is 4.72. The number of nitrogens with one attached hydrogen (secondary N) is 1. The molecule has 0 aromatic heterocycles. The number of benzene rings is 2. The Hall–Kier alpha value is -3.21. The van der Waals surface area contributed by atoms with E-state index in [-0.39, 0.29) is 31.0 Å². The Labute approximate surface area is 169 Å². The molecule has 11 heteroatoms. The van der Waals surface area contributed by atoms with Gasteiger partial charge in [0.25, 0.3) is 5.69 Å². The number of rotatable bonds is 5. The van der Waals surface area contributed by atoms with E-state index >= 15 is 0 Å². The molecule has 1 amide bonds. The van der Waals surface area contributed by atoms with Crippen LogP contribution in [0.5, 0.6) is 0 Å². The van der Waals surface area contributed by atoms with Gasteiger partial charge in [0.15, 0.2) is 0 Å². The Morgan fingerprint density at radius 1 is 1.10 bits per heavy atom. The number of halogens is 4. The maximum Gasteiger partial charge on any atom is 0.418 e. The van der Waals surface area contributed by atoms with Crippen LogP contribution in [-0.2, 0) is 11.0 Å². The van der Waals surface area contributed by atoms with Crippen LogP contribution >= 0.6 is 0 Å². The molecular formula is C19H18F4N4O3. The third-order valence-electron chi connectivity index (χ3n) is 4.72. The second-order valence-electron chi connectivity index (χ2n) is 6.75. The average Bonchev–Trinajstić information content (AvgIpc) is 2.69. The predicted octanol–water partition coefficient (Wildman–Crippen LogP) is 3.51. The average molecular weight is 426 g/mol. The second kappa shape index (κ2) is 8.66. The molecule has 0 spiro atoms. The van der Waals surface area contributed by atoms with Crippen molar-refractivity contribution in [2.24, 2.45) is 0 Å². The molecule has 0 radical (unpaired) electrons. The highest BCUT2D eigenvalue weighted by atomic mass is 19.4. The Balaban J connectivity index is 1.63. The molecule has 160 valence electrons. The minimum absolute atomic E-state index is 0.0332. The number of anilines is 2. The van der Waals surface area contributed by atoms with Crippen molar-refractivity contribution in [3.8, 4) is 0 Å². The lowest BCUT2D eigenvalue weighted by Crippen LogP contribution is -2.49. The number of piperazine rings is 1. The standard InChI is InChI=1S/C19H18F4N4O3/c20-15-3-1-2-4-16(15)24-18(28)12-25-7-9-26(10-8-25)17-6-5-13(27(29)30)11-14(17)19(21,22)23/h1-6,11H,7-10,12H2,(H,24,28). The number of alkyl halides is 3. The summed E-state index contributed by atoms with van der Waals surface area (Å²) in [7, 11) is 0. The van der Waals surface area contributed by atoms with E-state index in [2.05, 4.69) is 5.32 Å². The Morgan fingerprint density at radius 3 is 2.37 bits per heavy atom. The highest BCUT2D eigenvalue weighted by Gasteiger charge is 2.37. The van der Waals surface area contributed by atoms with Crippen molar-refractivity contribution in [1.29, 1.82) is 0 Å². The van der Waals surface area contributed by atoms with Crippen molar-refractivity contribution in [1.82, 2.24) is 4.90 Å². The molecule has 2 aromatic rings. The first-order chi connectivity index (χ1) is 14.1. The molecule has 1 aliphatic heterocycles. The van der Waals surface area contributed by atoms with Gasteiger partial charge in [0.2, 0.25) is 5.91 Å². The van der Waals surface area contributed by atoms with Crippen molar-refractivity contribution < 1.29 is 27.3 Å². The van der Waals surface area contributed by atoms with E-state index < -0.39 is 34.1 Å². The van der Waals surface area contributed by atoms with Crippen LogP contribution in [0.2, 0.25) is 0 Å². The lowest BCUT2D eigenvalue weighted by atomic mass is 10.1. The molecule has 0 saturated carbocycles. The van der Waals surface area contributed by atoms with E-state index in [1.54, 1.807) is 11.0 Å². The summed E-state index contributed by atoms with van der Waals surface area (Å²) in [4.78, 5) is 25.3. The van der Waals surface area contributed by atoms with Crippen LogP contribution in [0.25, 0.3) is 0 Å². The fourth-order valence-corrected chi connectivity index (χ4v) is 3.24. The molecule has 30 heavy (non-hydrogen) atoms. The van der Waals surface area contributed by atoms with Gasteiger partial charge in [-0.05, 0) is 18.2 Å². The van der Waals surface area contributed by atoms with Gasteiger partial charge in [-0.15, -0.1) is 0 Å². The molecular weight excluding hydrogens is 408 g/mol. The lowest BCUT2D eigenvalue weighted by molar-refractivity contribution is -0.385. The zero-order chi connectivity index (χ0) is 21.9. The summed E-state index contributed by atoms with van der Waals surface area (Å²) in [5, 5.41) is 13.3. The number of hydrogen-bond acceptors (Lipinski definition) is 5. The van der Waals surface area contributed by atoms with Crippen molar-refractivity contribution in [2.75, 3.05) is 42.9 Å². The van der Waals surface area contributed by atoms with E-state index in [0.29, 0.717) is 19.2 Å². The summed E-state index contributed by atoms with van der Waals surface area (Å²) in [6, 6.07) is 8.40. The van der Waals surface area contributed by atoms with Crippen LogP contribution in [0.3, 0.4) is 0 Å². The van der Waals surface area contributed by atoms with Crippen LogP contribution in [0.4, 0.5) is 34.6 Å². The number of amides is 1. The fraction of sp³-hybridized carbons (Fsp3) is 0.316. The van der Waals surface area contributed by atoms with Gasteiger partial charge in [-0.3, -0.25) is 19.8 Å². The Bertz CT molecular complexity index is 944. The topological polar surface area (TPSA) is 78.7 Å². The quantitative estimate of drug-likeness (QED) is 0.450. The van der Waals surface area contributed by atoms with E-state index in [1.807, 2.05) is 0 Å². The van der Waals surface area contributed by atoms with E-state index in [0.717, 1.165) is 12.1 Å². The van der Waals surface area contributed by atoms with Crippen LogP contribution in [-0.4, -0.2) is 48.5 Å².